The van der Waals surface area contributed by atoms with Crippen molar-refractivity contribution in [1.29, 1.82) is 0 Å². The predicted octanol–water partition coefficient (Wildman–Crippen LogP) is 4.51. The van der Waals surface area contributed by atoms with Crippen molar-refractivity contribution in [3.63, 3.8) is 0 Å². The van der Waals surface area contributed by atoms with E-state index in [0.29, 0.717) is 9.21 Å². The molecule has 0 bridgehead atoms. The fraction of sp³-hybridized carbons (Fsp3) is 0.519. The van der Waals surface area contributed by atoms with Crippen LogP contribution in [0.4, 0.5) is 20.2 Å². The molecule has 0 unspecified atom stereocenters. The van der Waals surface area contributed by atoms with Crippen molar-refractivity contribution in [3.8, 4) is 5.75 Å². The highest BCUT2D eigenvalue weighted by atomic mass is 35.5. The SMILES string of the molecule is O=C(NC[C@H](C(=O)Nc1ccc(N2CCOCC2=O)c(OC(F)F)c1)N(C1CCC1)C1CCC1)c1ccc(Cl)s1. The zero-order valence-electron chi connectivity index (χ0n) is 21.7. The normalized spacial score (nSPS) is 18.8. The summed E-state index contributed by atoms with van der Waals surface area (Å²) in [5.74, 6) is -1.27. The first kappa shape index (κ1) is 28.7. The number of rotatable bonds is 11. The van der Waals surface area contributed by atoms with Crippen molar-refractivity contribution in [3.05, 3.63) is 39.5 Å². The van der Waals surface area contributed by atoms with Gasteiger partial charge < -0.3 is 25.0 Å². The number of nitrogens with one attached hydrogen (secondary N) is 2. The second kappa shape index (κ2) is 12.8. The van der Waals surface area contributed by atoms with E-state index in [1.54, 1.807) is 18.2 Å². The van der Waals surface area contributed by atoms with Gasteiger partial charge in [0.2, 0.25) is 5.91 Å². The first-order valence-corrected chi connectivity index (χ1v) is 14.6. The Morgan fingerprint density at radius 2 is 1.88 bits per heavy atom. The number of halogens is 3. The van der Waals surface area contributed by atoms with Crippen LogP contribution in [0, 0.1) is 0 Å². The Balaban J connectivity index is 1.37. The van der Waals surface area contributed by atoms with Crippen LogP contribution in [-0.4, -0.2) is 73.7 Å². The molecule has 2 heterocycles. The highest BCUT2D eigenvalue weighted by molar-refractivity contribution is 7.18. The van der Waals surface area contributed by atoms with Crippen LogP contribution in [0.1, 0.15) is 48.2 Å². The summed E-state index contributed by atoms with van der Waals surface area (Å²) in [5.41, 5.74) is 0.421. The van der Waals surface area contributed by atoms with E-state index in [1.807, 2.05) is 0 Å². The Labute approximate surface area is 239 Å². The lowest BCUT2D eigenvalue weighted by Gasteiger charge is -2.49. The van der Waals surface area contributed by atoms with E-state index in [0.717, 1.165) is 49.9 Å². The highest BCUT2D eigenvalue weighted by Gasteiger charge is 2.41. The van der Waals surface area contributed by atoms with Gasteiger partial charge in [-0.25, -0.2) is 0 Å². The van der Waals surface area contributed by atoms with Gasteiger partial charge in [0.15, 0.2) is 5.75 Å². The van der Waals surface area contributed by atoms with Gasteiger partial charge in [-0.2, -0.15) is 8.78 Å². The molecule has 0 radical (unpaired) electrons. The van der Waals surface area contributed by atoms with E-state index >= 15 is 0 Å². The maximum atomic E-state index is 13.8. The predicted molar refractivity (Wildman–Crippen MR) is 147 cm³/mol. The number of thiophene rings is 1. The number of nitrogens with zero attached hydrogens (tertiary/aromatic N) is 2. The summed E-state index contributed by atoms with van der Waals surface area (Å²) in [6, 6.07) is 7.41. The number of anilines is 2. The molecule has 3 fully saturated rings. The van der Waals surface area contributed by atoms with E-state index < -0.39 is 12.7 Å². The molecule has 0 spiro atoms. The zero-order valence-corrected chi connectivity index (χ0v) is 23.3. The number of hydrogen-bond donors (Lipinski definition) is 2. The van der Waals surface area contributed by atoms with Crippen molar-refractivity contribution in [2.45, 2.75) is 63.3 Å². The lowest BCUT2D eigenvalue weighted by Crippen LogP contribution is -2.61. The number of ether oxygens (including phenoxy) is 2. The molecule has 9 nitrogen and oxygen atoms in total. The number of alkyl halides is 2. The fourth-order valence-electron chi connectivity index (χ4n) is 5.23. The monoisotopic (exact) mass is 596 g/mol. The maximum absolute atomic E-state index is 13.8. The molecule has 216 valence electrons. The first-order valence-electron chi connectivity index (χ1n) is 13.4. The highest BCUT2D eigenvalue weighted by Crippen LogP contribution is 2.37. The summed E-state index contributed by atoms with van der Waals surface area (Å²) in [6.45, 7) is -2.74. The van der Waals surface area contributed by atoms with Gasteiger partial charge in [-0.1, -0.05) is 24.4 Å². The van der Waals surface area contributed by atoms with Gasteiger partial charge in [-0.05, 0) is 49.9 Å². The van der Waals surface area contributed by atoms with Crippen LogP contribution >= 0.6 is 22.9 Å². The van der Waals surface area contributed by atoms with E-state index in [4.69, 9.17) is 21.1 Å². The smallest absolute Gasteiger partial charge is 0.387 e. The van der Waals surface area contributed by atoms with Crippen molar-refractivity contribution in [2.75, 3.05) is 36.5 Å². The summed E-state index contributed by atoms with van der Waals surface area (Å²) < 4.78 is 36.9. The van der Waals surface area contributed by atoms with Gasteiger partial charge in [-0.3, -0.25) is 19.3 Å². The summed E-state index contributed by atoms with van der Waals surface area (Å²) in [5, 5.41) is 5.74. The van der Waals surface area contributed by atoms with Gasteiger partial charge in [0.25, 0.3) is 11.8 Å². The molecule has 1 aromatic heterocycles. The van der Waals surface area contributed by atoms with E-state index in [9.17, 15) is 23.2 Å². The van der Waals surface area contributed by atoms with Crippen LogP contribution in [-0.2, 0) is 14.3 Å². The quantitative estimate of drug-likeness (QED) is 0.396. The summed E-state index contributed by atoms with van der Waals surface area (Å²) in [4.78, 5) is 42.9. The van der Waals surface area contributed by atoms with E-state index in [-0.39, 0.29) is 73.2 Å². The molecular weight excluding hydrogens is 566 g/mol. The molecule has 3 amide bonds. The van der Waals surface area contributed by atoms with Gasteiger partial charge in [0, 0.05) is 36.9 Å². The minimum absolute atomic E-state index is 0.0773. The Kier molecular flexibility index (Phi) is 9.19. The lowest BCUT2D eigenvalue weighted by atomic mass is 9.83. The standard InChI is InChI=1S/C27H31ClF2N4O5S/c28-23-10-9-22(40-23)26(37)31-14-20(34(17-3-1-4-17)18-5-2-6-18)25(36)32-16-7-8-19(21(13-16)39-27(29)30)33-11-12-38-15-24(33)35/h7-10,13,17-18,20,27H,1-6,11-12,14-15H2,(H,31,37)(H,32,36)/t20-/m1/s1. The van der Waals surface area contributed by atoms with Crippen LogP contribution in [0.25, 0.3) is 0 Å². The van der Waals surface area contributed by atoms with Crippen molar-refractivity contribution in [1.82, 2.24) is 10.2 Å². The third-order valence-electron chi connectivity index (χ3n) is 7.63. The first-order chi connectivity index (χ1) is 19.3. The fourth-order valence-corrected chi connectivity index (χ4v) is 6.19. The van der Waals surface area contributed by atoms with Crippen LogP contribution < -0.4 is 20.3 Å². The average Bonchev–Trinajstić information content (AvgIpc) is 3.29. The Hall–Kier alpha value is -2.80. The Bertz CT molecular complexity index is 1230. The second-order valence-corrected chi connectivity index (χ2v) is 11.8. The van der Waals surface area contributed by atoms with Crippen molar-refractivity contribution >= 4 is 52.0 Å². The van der Waals surface area contributed by atoms with Crippen LogP contribution in [0.5, 0.6) is 5.75 Å². The van der Waals surface area contributed by atoms with Crippen LogP contribution in [0.3, 0.4) is 0 Å². The number of morpholine rings is 1. The molecule has 2 N–H and O–H groups in total. The van der Waals surface area contributed by atoms with Gasteiger partial charge in [-0.15, -0.1) is 11.3 Å². The molecule has 13 heteroatoms. The molecule has 2 aliphatic carbocycles. The van der Waals surface area contributed by atoms with Crippen molar-refractivity contribution in [2.24, 2.45) is 0 Å². The average molecular weight is 597 g/mol. The minimum atomic E-state index is -3.12. The molecule has 1 atom stereocenters. The van der Waals surface area contributed by atoms with Crippen LogP contribution in [0.15, 0.2) is 30.3 Å². The maximum Gasteiger partial charge on any atom is 0.387 e. The third kappa shape index (κ3) is 6.56. The molecule has 5 rings (SSSR count). The Morgan fingerprint density at radius 3 is 2.45 bits per heavy atom. The molecular formula is C27H31ClF2N4O5S. The minimum Gasteiger partial charge on any atom is -0.433 e. The molecule has 2 aromatic rings. The van der Waals surface area contributed by atoms with Gasteiger partial charge in [0.05, 0.1) is 21.5 Å². The molecule has 3 aliphatic rings. The molecule has 2 saturated carbocycles. The Morgan fingerprint density at radius 1 is 1.15 bits per heavy atom. The molecule has 1 aromatic carbocycles. The molecule has 1 saturated heterocycles. The van der Waals surface area contributed by atoms with E-state index in [1.165, 1.54) is 17.0 Å². The summed E-state index contributed by atoms with van der Waals surface area (Å²) in [7, 11) is 0. The summed E-state index contributed by atoms with van der Waals surface area (Å²) in [6.07, 6.45) is 6.07. The second-order valence-electron chi connectivity index (χ2n) is 10.1. The molecule has 1 aliphatic heterocycles. The number of benzene rings is 1. The molecule has 40 heavy (non-hydrogen) atoms. The number of carbonyl (C=O) groups is 3. The van der Waals surface area contributed by atoms with Gasteiger partial charge >= 0.3 is 6.61 Å². The third-order valence-corrected chi connectivity index (χ3v) is 8.86. The van der Waals surface area contributed by atoms with E-state index in [2.05, 4.69) is 15.5 Å². The number of amides is 3. The number of carbonyl (C=O) groups excluding carboxylic acids is 3. The topological polar surface area (TPSA) is 100 Å². The van der Waals surface area contributed by atoms with Crippen molar-refractivity contribution < 1.29 is 32.6 Å². The number of hydrogen-bond acceptors (Lipinski definition) is 7. The summed E-state index contributed by atoms with van der Waals surface area (Å²) >= 11 is 7.15. The lowest BCUT2D eigenvalue weighted by molar-refractivity contribution is -0.126. The van der Waals surface area contributed by atoms with Gasteiger partial charge in [0.1, 0.15) is 12.6 Å². The van der Waals surface area contributed by atoms with Crippen LogP contribution in [0.2, 0.25) is 4.34 Å². The largest absolute Gasteiger partial charge is 0.433 e. The zero-order chi connectivity index (χ0) is 28.2.